The molecule has 0 heterocycles. The number of hydrogen-bond donors (Lipinski definition) is 1. The second kappa shape index (κ2) is 6.63. The number of ether oxygens (including phenoxy) is 2. The lowest BCUT2D eigenvalue weighted by molar-refractivity contribution is 0.391. The van der Waals surface area contributed by atoms with E-state index in [1.165, 1.54) is 7.11 Å². The standard InChI is InChI=1S/C15H14ClF2NO2/c1-20-11-4-3-9(14(7-11)21-2)8-19-15-12(16)5-10(17)6-13(15)18/h3-7,19H,8H2,1-2H3. The smallest absolute Gasteiger partial charge is 0.150 e. The highest BCUT2D eigenvalue weighted by Crippen LogP contribution is 2.29. The molecule has 112 valence electrons. The van der Waals surface area contributed by atoms with Crippen molar-refractivity contribution >= 4 is 17.3 Å². The van der Waals surface area contributed by atoms with Crippen LogP contribution in [0.15, 0.2) is 30.3 Å². The summed E-state index contributed by atoms with van der Waals surface area (Å²) in [5.41, 5.74) is 0.842. The minimum absolute atomic E-state index is 0.0139. The predicted octanol–water partition coefficient (Wildman–Crippen LogP) is 4.25. The van der Waals surface area contributed by atoms with Crippen molar-refractivity contribution in [1.82, 2.24) is 0 Å². The van der Waals surface area contributed by atoms with Gasteiger partial charge in [0.2, 0.25) is 0 Å². The zero-order valence-corrected chi connectivity index (χ0v) is 12.3. The topological polar surface area (TPSA) is 30.5 Å². The zero-order valence-electron chi connectivity index (χ0n) is 11.5. The summed E-state index contributed by atoms with van der Waals surface area (Å²) < 4.78 is 37.0. The van der Waals surface area contributed by atoms with E-state index in [4.69, 9.17) is 21.1 Å². The molecule has 3 nitrogen and oxygen atoms in total. The molecule has 21 heavy (non-hydrogen) atoms. The van der Waals surface area contributed by atoms with E-state index in [0.29, 0.717) is 11.5 Å². The van der Waals surface area contributed by atoms with Gasteiger partial charge < -0.3 is 14.8 Å². The fraction of sp³-hybridized carbons (Fsp3) is 0.200. The summed E-state index contributed by atoms with van der Waals surface area (Å²) in [5, 5.41) is 2.83. The number of hydrogen-bond acceptors (Lipinski definition) is 3. The molecular weight excluding hydrogens is 300 g/mol. The Bertz CT molecular complexity index is 627. The van der Waals surface area contributed by atoms with Crippen molar-refractivity contribution < 1.29 is 18.3 Å². The van der Waals surface area contributed by atoms with Crippen LogP contribution in [0.25, 0.3) is 0 Å². The molecule has 0 saturated heterocycles. The van der Waals surface area contributed by atoms with Gasteiger partial charge in [-0.1, -0.05) is 11.6 Å². The van der Waals surface area contributed by atoms with Crippen LogP contribution in [0.2, 0.25) is 5.02 Å². The van der Waals surface area contributed by atoms with Crippen LogP contribution >= 0.6 is 11.6 Å². The van der Waals surface area contributed by atoms with Crippen molar-refractivity contribution in [1.29, 1.82) is 0 Å². The normalized spacial score (nSPS) is 10.3. The van der Waals surface area contributed by atoms with Crippen LogP contribution in [-0.2, 0) is 6.54 Å². The van der Waals surface area contributed by atoms with Crippen molar-refractivity contribution in [2.45, 2.75) is 6.54 Å². The van der Waals surface area contributed by atoms with Gasteiger partial charge in [-0.25, -0.2) is 8.78 Å². The maximum absolute atomic E-state index is 13.7. The Hall–Kier alpha value is -2.01. The molecule has 0 aliphatic rings. The van der Waals surface area contributed by atoms with Crippen LogP contribution in [0.3, 0.4) is 0 Å². The number of nitrogens with one attached hydrogen (secondary N) is 1. The maximum atomic E-state index is 13.7. The first-order valence-electron chi connectivity index (χ1n) is 6.14. The summed E-state index contributed by atoms with van der Waals surface area (Å²) in [7, 11) is 3.09. The third-order valence-electron chi connectivity index (χ3n) is 2.96. The fourth-order valence-electron chi connectivity index (χ4n) is 1.89. The Kier molecular flexibility index (Phi) is 4.85. The van der Waals surface area contributed by atoms with Crippen LogP contribution in [0.5, 0.6) is 11.5 Å². The molecule has 0 spiro atoms. The van der Waals surface area contributed by atoms with Gasteiger partial charge in [-0.2, -0.15) is 0 Å². The van der Waals surface area contributed by atoms with Gasteiger partial charge in [0.05, 0.1) is 24.9 Å². The molecule has 0 radical (unpaired) electrons. The molecule has 0 saturated carbocycles. The summed E-state index contributed by atoms with van der Waals surface area (Å²) >= 11 is 5.83. The van der Waals surface area contributed by atoms with Gasteiger partial charge in [0.15, 0.2) is 5.82 Å². The van der Waals surface area contributed by atoms with Crippen LogP contribution in [0.4, 0.5) is 14.5 Å². The largest absolute Gasteiger partial charge is 0.497 e. The van der Waals surface area contributed by atoms with E-state index >= 15 is 0 Å². The Morgan fingerprint density at radius 3 is 2.48 bits per heavy atom. The average molecular weight is 314 g/mol. The van der Waals surface area contributed by atoms with Gasteiger partial charge in [-0.05, 0) is 18.2 Å². The molecule has 0 aliphatic heterocycles. The summed E-state index contributed by atoms with van der Waals surface area (Å²) in [6.45, 7) is 0.273. The molecule has 0 aromatic heterocycles. The molecule has 1 N–H and O–H groups in total. The first kappa shape index (κ1) is 15.4. The SMILES string of the molecule is COc1ccc(CNc2c(F)cc(F)cc2Cl)c(OC)c1. The molecule has 2 rings (SSSR count). The van der Waals surface area contributed by atoms with Crippen molar-refractivity contribution in [3.8, 4) is 11.5 Å². The number of benzene rings is 2. The van der Waals surface area contributed by atoms with Gasteiger partial charge in [0.25, 0.3) is 0 Å². The average Bonchev–Trinajstić information content (AvgIpc) is 2.46. The summed E-state index contributed by atoms with van der Waals surface area (Å²) in [5.74, 6) is -0.209. The minimum Gasteiger partial charge on any atom is -0.497 e. The van der Waals surface area contributed by atoms with Gasteiger partial charge in [-0.3, -0.25) is 0 Å². The molecular formula is C15H14ClF2NO2. The highest BCUT2D eigenvalue weighted by atomic mass is 35.5. The quantitative estimate of drug-likeness (QED) is 0.895. The fourth-order valence-corrected chi connectivity index (χ4v) is 2.15. The zero-order chi connectivity index (χ0) is 15.4. The molecule has 0 fully saturated rings. The van der Waals surface area contributed by atoms with E-state index < -0.39 is 11.6 Å². The lowest BCUT2D eigenvalue weighted by Crippen LogP contribution is -2.04. The number of anilines is 1. The Morgan fingerprint density at radius 2 is 1.86 bits per heavy atom. The van der Waals surface area contributed by atoms with E-state index in [9.17, 15) is 8.78 Å². The van der Waals surface area contributed by atoms with Crippen molar-refractivity contribution in [2.75, 3.05) is 19.5 Å². The van der Waals surface area contributed by atoms with Crippen LogP contribution in [0.1, 0.15) is 5.56 Å². The number of rotatable bonds is 5. The van der Waals surface area contributed by atoms with Crippen molar-refractivity contribution in [3.05, 3.63) is 52.6 Å². The summed E-state index contributed by atoms with van der Waals surface area (Å²) in [6, 6.07) is 7.11. The number of halogens is 3. The minimum atomic E-state index is -0.743. The Balaban J connectivity index is 2.20. The maximum Gasteiger partial charge on any atom is 0.150 e. The van der Waals surface area contributed by atoms with E-state index in [2.05, 4.69) is 5.32 Å². The van der Waals surface area contributed by atoms with Gasteiger partial charge >= 0.3 is 0 Å². The number of methoxy groups -OCH3 is 2. The van der Waals surface area contributed by atoms with Crippen LogP contribution < -0.4 is 14.8 Å². The van der Waals surface area contributed by atoms with Crippen LogP contribution in [0, 0.1) is 11.6 Å². The summed E-state index contributed by atoms with van der Waals surface area (Å²) in [4.78, 5) is 0. The second-order valence-corrected chi connectivity index (χ2v) is 4.68. The predicted molar refractivity (Wildman–Crippen MR) is 78.2 cm³/mol. The molecule has 6 heteroatoms. The Labute approximate surface area is 126 Å². The second-order valence-electron chi connectivity index (χ2n) is 4.28. The van der Waals surface area contributed by atoms with Crippen molar-refractivity contribution in [3.63, 3.8) is 0 Å². The lowest BCUT2D eigenvalue weighted by atomic mass is 10.2. The molecule has 0 unspecified atom stereocenters. The first-order chi connectivity index (χ1) is 10.0. The van der Waals surface area contributed by atoms with Gasteiger partial charge in [-0.15, -0.1) is 0 Å². The van der Waals surface area contributed by atoms with E-state index in [0.717, 1.165) is 17.7 Å². The van der Waals surface area contributed by atoms with Gasteiger partial charge in [0.1, 0.15) is 17.3 Å². The van der Waals surface area contributed by atoms with Gasteiger partial charge in [0, 0.05) is 24.2 Å². The summed E-state index contributed by atoms with van der Waals surface area (Å²) in [6.07, 6.45) is 0. The Morgan fingerprint density at radius 1 is 1.10 bits per heavy atom. The van der Waals surface area contributed by atoms with E-state index in [-0.39, 0.29) is 17.3 Å². The molecule has 0 amide bonds. The lowest BCUT2D eigenvalue weighted by Gasteiger charge is -2.13. The highest BCUT2D eigenvalue weighted by Gasteiger charge is 2.11. The third-order valence-corrected chi connectivity index (χ3v) is 3.25. The monoisotopic (exact) mass is 313 g/mol. The highest BCUT2D eigenvalue weighted by molar-refractivity contribution is 6.33. The van der Waals surface area contributed by atoms with E-state index in [1.807, 2.05) is 0 Å². The van der Waals surface area contributed by atoms with Crippen LogP contribution in [-0.4, -0.2) is 14.2 Å². The first-order valence-corrected chi connectivity index (χ1v) is 6.52. The molecule has 2 aromatic carbocycles. The third kappa shape index (κ3) is 3.55. The molecule has 2 aromatic rings. The molecule has 0 bridgehead atoms. The van der Waals surface area contributed by atoms with E-state index in [1.54, 1.807) is 25.3 Å². The molecule has 0 aliphatic carbocycles. The van der Waals surface area contributed by atoms with Crippen molar-refractivity contribution in [2.24, 2.45) is 0 Å². The molecule has 0 atom stereocenters.